The molecule has 0 aliphatic carbocycles. The monoisotopic (exact) mass is 305 g/mol. The molecule has 0 unspecified atom stereocenters. The van der Waals surface area contributed by atoms with Crippen molar-refractivity contribution < 1.29 is 9.47 Å². The minimum atomic E-state index is 0.185. The third kappa shape index (κ3) is 3.39. The molecule has 112 valence electrons. The maximum absolute atomic E-state index is 8.87. The van der Waals surface area contributed by atoms with E-state index in [-0.39, 0.29) is 6.01 Å². The van der Waals surface area contributed by atoms with Gasteiger partial charge in [-0.1, -0.05) is 6.07 Å². The van der Waals surface area contributed by atoms with Gasteiger partial charge in [-0.2, -0.15) is 5.26 Å². The Morgan fingerprint density at radius 2 is 1.87 bits per heavy atom. The molecule has 0 saturated carbocycles. The average Bonchev–Trinajstić information content (AvgIpc) is 2.63. The van der Waals surface area contributed by atoms with Crippen molar-refractivity contribution in [2.45, 2.75) is 0 Å². The Morgan fingerprint density at radius 3 is 2.52 bits per heavy atom. The van der Waals surface area contributed by atoms with Crippen LogP contribution in [0.2, 0.25) is 0 Å². The standard InChI is InChI=1S/C16H11N5O2/c1-22-15-6-5-14(20-21-15)12-9-18-16(19-10-12)23-13-4-2-3-11(7-13)8-17/h2-7,9-10H,1H3. The fourth-order valence-electron chi connectivity index (χ4n) is 1.82. The highest BCUT2D eigenvalue weighted by Crippen LogP contribution is 2.21. The number of benzene rings is 1. The lowest BCUT2D eigenvalue weighted by atomic mass is 10.2. The maximum atomic E-state index is 8.87. The van der Waals surface area contributed by atoms with Crippen LogP contribution in [0.3, 0.4) is 0 Å². The first-order valence-corrected chi connectivity index (χ1v) is 6.66. The van der Waals surface area contributed by atoms with E-state index in [1.807, 2.05) is 6.07 Å². The summed E-state index contributed by atoms with van der Waals surface area (Å²) in [5.41, 5.74) is 1.84. The van der Waals surface area contributed by atoms with Crippen molar-refractivity contribution in [2.75, 3.05) is 7.11 Å². The number of methoxy groups -OCH3 is 1. The molecule has 1 aromatic carbocycles. The van der Waals surface area contributed by atoms with Crippen LogP contribution in [0.25, 0.3) is 11.3 Å². The number of nitrogens with zero attached hydrogens (tertiary/aromatic N) is 5. The van der Waals surface area contributed by atoms with Crippen LogP contribution >= 0.6 is 0 Å². The van der Waals surface area contributed by atoms with Gasteiger partial charge in [0.2, 0.25) is 5.88 Å². The second kappa shape index (κ2) is 6.49. The summed E-state index contributed by atoms with van der Waals surface area (Å²) in [5, 5.41) is 16.8. The fraction of sp³-hybridized carbons (Fsp3) is 0.0625. The second-order valence-electron chi connectivity index (χ2n) is 4.46. The molecule has 3 aromatic rings. The molecule has 0 aliphatic rings. The van der Waals surface area contributed by atoms with Crippen molar-refractivity contribution in [2.24, 2.45) is 0 Å². The molecule has 7 heteroatoms. The topological polar surface area (TPSA) is 93.8 Å². The molecule has 0 spiro atoms. The van der Waals surface area contributed by atoms with Gasteiger partial charge in [0.05, 0.1) is 24.4 Å². The van der Waals surface area contributed by atoms with Gasteiger partial charge in [0.1, 0.15) is 5.75 Å². The van der Waals surface area contributed by atoms with Crippen molar-refractivity contribution in [1.82, 2.24) is 20.2 Å². The number of hydrogen-bond acceptors (Lipinski definition) is 7. The van der Waals surface area contributed by atoms with Crippen molar-refractivity contribution in [3.63, 3.8) is 0 Å². The van der Waals surface area contributed by atoms with Crippen molar-refractivity contribution >= 4 is 0 Å². The zero-order chi connectivity index (χ0) is 16.1. The van der Waals surface area contributed by atoms with Gasteiger partial charge in [0, 0.05) is 24.0 Å². The summed E-state index contributed by atoms with van der Waals surface area (Å²) in [7, 11) is 1.53. The number of nitriles is 1. The quantitative estimate of drug-likeness (QED) is 0.731. The van der Waals surface area contributed by atoms with Gasteiger partial charge in [0.25, 0.3) is 0 Å². The summed E-state index contributed by atoms with van der Waals surface area (Å²) in [6.45, 7) is 0. The largest absolute Gasteiger partial charge is 0.480 e. The van der Waals surface area contributed by atoms with Gasteiger partial charge in [0.15, 0.2) is 0 Å². The zero-order valence-corrected chi connectivity index (χ0v) is 12.2. The molecular formula is C16H11N5O2. The van der Waals surface area contributed by atoms with Crippen LogP contribution in [-0.2, 0) is 0 Å². The molecule has 0 atom stereocenters. The van der Waals surface area contributed by atoms with E-state index < -0.39 is 0 Å². The van der Waals surface area contributed by atoms with Crippen LogP contribution in [0.5, 0.6) is 17.6 Å². The SMILES string of the molecule is COc1ccc(-c2cnc(Oc3cccc(C#N)c3)nc2)nn1. The first kappa shape index (κ1) is 14.4. The lowest BCUT2D eigenvalue weighted by molar-refractivity contribution is 0.392. The summed E-state index contributed by atoms with van der Waals surface area (Å²) in [6, 6.07) is 12.5. The highest BCUT2D eigenvalue weighted by molar-refractivity contribution is 5.56. The minimum Gasteiger partial charge on any atom is -0.480 e. The minimum absolute atomic E-state index is 0.185. The lowest BCUT2D eigenvalue weighted by Gasteiger charge is -2.05. The van der Waals surface area contributed by atoms with E-state index in [4.69, 9.17) is 14.7 Å². The highest BCUT2D eigenvalue weighted by Gasteiger charge is 2.05. The molecule has 3 rings (SSSR count). The average molecular weight is 305 g/mol. The molecule has 2 aromatic heterocycles. The third-order valence-electron chi connectivity index (χ3n) is 2.95. The Bertz CT molecular complexity index is 842. The van der Waals surface area contributed by atoms with Crippen molar-refractivity contribution in [3.05, 3.63) is 54.4 Å². The van der Waals surface area contributed by atoms with E-state index >= 15 is 0 Å². The number of ether oxygens (including phenoxy) is 2. The van der Waals surface area contributed by atoms with Gasteiger partial charge in [-0.15, -0.1) is 10.2 Å². The number of rotatable bonds is 4. The molecule has 0 saturated heterocycles. The number of hydrogen-bond donors (Lipinski definition) is 0. The Hall–Kier alpha value is -3.53. The van der Waals surface area contributed by atoms with Crippen molar-refractivity contribution in [3.8, 4) is 35.0 Å². The van der Waals surface area contributed by atoms with Gasteiger partial charge < -0.3 is 9.47 Å². The molecule has 0 radical (unpaired) electrons. The first-order valence-electron chi connectivity index (χ1n) is 6.66. The summed E-state index contributed by atoms with van der Waals surface area (Å²) in [6.07, 6.45) is 3.18. The smallest absolute Gasteiger partial charge is 0.321 e. The Morgan fingerprint density at radius 1 is 1.04 bits per heavy atom. The van der Waals surface area contributed by atoms with Gasteiger partial charge in [-0.25, -0.2) is 9.97 Å². The summed E-state index contributed by atoms with van der Waals surface area (Å²) in [4.78, 5) is 8.27. The third-order valence-corrected chi connectivity index (χ3v) is 2.95. The molecule has 23 heavy (non-hydrogen) atoms. The van der Waals surface area contributed by atoms with Gasteiger partial charge in [-0.05, 0) is 24.3 Å². The van der Waals surface area contributed by atoms with Crippen molar-refractivity contribution in [1.29, 1.82) is 5.26 Å². The van der Waals surface area contributed by atoms with Crippen LogP contribution in [0.1, 0.15) is 5.56 Å². The molecule has 2 heterocycles. The van der Waals surface area contributed by atoms with E-state index in [0.717, 1.165) is 0 Å². The molecule has 0 bridgehead atoms. The molecule has 0 amide bonds. The number of aromatic nitrogens is 4. The normalized spacial score (nSPS) is 9.91. The fourth-order valence-corrected chi connectivity index (χ4v) is 1.82. The zero-order valence-electron chi connectivity index (χ0n) is 12.2. The lowest BCUT2D eigenvalue weighted by Crippen LogP contribution is -1.95. The second-order valence-corrected chi connectivity index (χ2v) is 4.46. The van der Waals surface area contributed by atoms with Crippen LogP contribution in [0, 0.1) is 11.3 Å². The predicted octanol–water partition coefficient (Wildman–Crippen LogP) is 2.61. The summed E-state index contributed by atoms with van der Waals surface area (Å²) in [5.74, 6) is 0.938. The van der Waals surface area contributed by atoms with E-state index in [0.29, 0.717) is 28.5 Å². The Balaban J connectivity index is 1.77. The van der Waals surface area contributed by atoms with Gasteiger partial charge in [-0.3, -0.25) is 0 Å². The summed E-state index contributed by atoms with van der Waals surface area (Å²) >= 11 is 0. The molecular weight excluding hydrogens is 294 g/mol. The first-order chi connectivity index (χ1) is 11.3. The van der Waals surface area contributed by atoms with Crippen LogP contribution in [0.15, 0.2) is 48.8 Å². The maximum Gasteiger partial charge on any atom is 0.321 e. The predicted molar refractivity (Wildman–Crippen MR) is 80.8 cm³/mol. The molecule has 0 N–H and O–H groups in total. The Kier molecular flexibility index (Phi) is 4.07. The van der Waals surface area contributed by atoms with Gasteiger partial charge >= 0.3 is 6.01 Å². The molecule has 0 aliphatic heterocycles. The van der Waals surface area contributed by atoms with E-state index in [1.54, 1.807) is 48.8 Å². The Labute approximate surface area is 132 Å². The highest BCUT2D eigenvalue weighted by atomic mass is 16.5. The molecule has 7 nitrogen and oxygen atoms in total. The van der Waals surface area contributed by atoms with Crippen LogP contribution in [-0.4, -0.2) is 27.3 Å². The van der Waals surface area contributed by atoms with E-state index in [1.165, 1.54) is 7.11 Å². The van der Waals surface area contributed by atoms with Crippen LogP contribution < -0.4 is 9.47 Å². The van der Waals surface area contributed by atoms with Crippen LogP contribution in [0.4, 0.5) is 0 Å². The molecule has 0 fully saturated rings. The van der Waals surface area contributed by atoms with E-state index in [9.17, 15) is 0 Å². The van der Waals surface area contributed by atoms with E-state index in [2.05, 4.69) is 20.2 Å². The summed E-state index contributed by atoms with van der Waals surface area (Å²) < 4.78 is 10.5.